The SMILES string of the molecule is O=[N+]([O-])c1ccc(CCOCCCCCCNCc2c(CO)cccc2CO)cc1. The maximum atomic E-state index is 10.6. The van der Waals surface area contributed by atoms with Crippen LogP contribution in [0.25, 0.3) is 0 Å². The Labute approximate surface area is 177 Å². The molecule has 30 heavy (non-hydrogen) atoms. The Hall–Kier alpha value is -2.32. The highest BCUT2D eigenvalue weighted by atomic mass is 16.6. The van der Waals surface area contributed by atoms with Gasteiger partial charge in [0.1, 0.15) is 0 Å². The van der Waals surface area contributed by atoms with Crippen LogP contribution in [0.2, 0.25) is 0 Å². The Morgan fingerprint density at radius 1 is 0.900 bits per heavy atom. The summed E-state index contributed by atoms with van der Waals surface area (Å²) in [5, 5.41) is 32.9. The number of unbranched alkanes of at least 4 members (excludes halogenated alkanes) is 3. The van der Waals surface area contributed by atoms with E-state index in [2.05, 4.69) is 5.32 Å². The van der Waals surface area contributed by atoms with Crippen LogP contribution in [0.3, 0.4) is 0 Å². The normalized spacial score (nSPS) is 11.0. The second-order valence-electron chi connectivity index (χ2n) is 7.25. The number of benzene rings is 2. The largest absolute Gasteiger partial charge is 0.392 e. The highest BCUT2D eigenvalue weighted by molar-refractivity contribution is 5.34. The summed E-state index contributed by atoms with van der Waals surface area (Å²) in [5.74, 6) is 0. The Balaban J connectivity index is 1.48. The van der Waals surface area contributed by atoms with Crippen LogP contribution in [-0.4, -0.2) is 34.9 Å². The molecule has 0 unspecified atom stereocenters. The molecule has 2 aromatic carbocycles. The molecule has 7 heteroatoms. The van der Waals surface area contributed by atoms with Gasteiger partial charge in [-0.25, -0.2) is 0 Å². The molecule has 0 aliphatic rings. The van der Waals surface area contributed by atoms with Crippen LogP contribution in [0, 0.1) is 10.1 Å². The number of nitro groups is 1. The Bertz CT molecular complexity index is 742. The second-order valence-corrected chi connectivity index (χ2v) is 7.25. The third kappa shape index (κ3) is 8.20. The minimum absolute atomic E-state index is 0.0188. The zero-order valence-electron chi connectivity index (χ0n) is 17.4. The number of non-ortho nitro benzene ring substituents is 1. The highest BCUT2D eigenvalue weighted by Crippen LogP contribution is 2.15. The van der Waals surface area contributed by atoms with E-state index in [-0.39, 0.29) is 18.9 Å². The number of nitro benzene ring substituents is 1. The molecule has 2 rings (SSSR count). The van der Waals surface area contributed by atoms with Crippen LogP contribution in [0.5, 0.6) is 0 Å². The summed E-state index contributed by atoms with van der Waals surface area (Å²) in [6, 6.07) is 12.2. The van der Waals surface area contributed by atoms with E-state index in [9.17, 15) is 20.3 Å². The van der Waals surface area contributed by atoms with Gasteiger partial charge in [-0.3, -0.25) is 10.1 Å². The quantitative estimate of drug-likeness (QED) is 0.233. The van der Waals surface area contributed by atoms with E-state index in [1.807, 2.05) is 18.2 Å². The number of rotatable bonds is 15. The van der Waals surface area contributed by atoms with Crippen molar-refractivity contribution in [3.63, 3.8) is 0 Å². The summed E-state index contributed by atoms with van der Waals surface area (Å²) in [6.07, 6.45) is 5.06. The molecule has 0 aliphatic carbocycles. The monoisotopic (exact) mass is 416 g/mol. The molecule has 2 aromatic rings. The minimum Gasteiger partial charge on any atom is -0.392 e. The van der Waals surface area contributed by atoms with Crippen LogP contribution < -0.4 is 5.32 Å². The third-order valence-electron chi connectivity index (χ3n) is 5.09. The Kier molecular flexibility index (Phi) is 11.0. The van der Waals surface area contributed by atoms with Crippen molar-refractivity contribution in [3.05, 3.63) is 74.8 Å². The number of hydrogen-bond donors (Lipinski definition) is 3. The molecule has 0 heterocycles. The van der Waals surface area contributed by atoms with E-state index in [0.717, 1.165) is 67.5 Å². The summed E-state index contributed by atoms with van der Waals surface area (Å²) in [5.41, 5.74) is 3.86. The van der Waals surface area contributed by atoms with Gasteiger partial charge in [0.25, 0.3) is 5.69 Å². The fourth-order valence-corrected chi connectivity index (χ4v) is 3.31. The van der Waals surface area contributed by atoms with E-state index in [0.29, 0.717) is 13.2 Å². The summed E-state index contributed by atoms with van der Waals surface area (Å²) in [6.45, 7) is 2.86. The van der Waals surface area contributed by atoms with Gasteiger partial charge in [-0.1, -0.05) is 43.2 Å². The number of aliphatic hydroxyl groups is 2. The molecule has 0 fully saturated rings. The number of aliphatic hydroxyl groups excluding tert-OH is 2. The second kappa shape index (κ2) is 13.8. The molecule has 0 amide bonds. The van der Waals surface area contributed by atoms with Gasteiger partial charge in [-0.05, 0) is 48.1 Å². The first-order chi connectivity index (χ1) is 14.7. The lowest BCUT2D eigenvalue weighted by molar-refractivity contribution is -0.384. The van der Waals surface area contributed by atoms with Crippen LogP contribution in [0.1, 0.15) is 47.9 Å². The van der Waals surface area contributed by atoms with Crippen molar-refractivity contribution in [2.24, 2.45) is 0 Å². The Morgan fingerprint density at radius 3 is 2.20 bits per heavy atom. The van der Waals surface area contributed by atoms with Gasteiger partial charge in [0, 0.05) is 25.3 Å². The van der Waals surface area contributed by atoms with E-state index >= 15 is 0 Å². The van der Waals surface area contributed by atoms with Crippen LogP contribution in [0.15, 0.2) is 42.5 Å². The van der Waals surface area contributed by atoms with Crippen molar-refractivity contribution >= 4 is 5.69 Å². The standard InChI is InChI=1S/C23H32N2O5/c26-17-20-6-5-7-21(18-27)23(20)16-24-13-3-1-2-4-14-30-15-12-19-8-10-22(11-9-19)25(28)29/h5-11,24,26-27H,1-4,12-18H2. The van der Waals surface area contributed by atoms with Crippen molar-refractivity contribution < 1.29 is 19.9 Å². The van der Waals surface area contributed by atoms with Gasteiger partial charge in [0.2, 0.25) is 0 Å². The molecule has 164 valence electrons. The maximum Gasteiger partial charge on any atom is 0.269 e. The van der Waals surface area contributed by atoms with Gasteiger partial charge in [0.15, 0.2) is 0 Å². The zero-order chi connectivity index (χ0) is 21.6. The smallest absolute Gasteiger partial charge is 0.269 e. The average Bonchev–Trinajstić information content (AvgIpc) is 2.77. The fourth-order valence-electron chi connectivity index (χ4n) is 3.31. The van der Waals surface area contributed by atoms with Crippen molar-refractivity contribution in [3.8, 4) is 0 Å². The van der Waals surface area contributed by atoms with E-state index in [1.165, 1.54) is 12.1 Å². The lowest BCUT2D eigenvalue weighted by atomic mass is 10.0. The predicted molar refractivity (Wildman–Crippen MR) is 116 cm³/mol. The van der Waals surface area contributed by atoms with Crippen LogP contribution >= 0.6 is 0 Å². The van der Waals surface area contributed by atoms with Crippen molar-refractivity contribution in [2.75, 3.05) is 19.8 Å². The zero-order valence-corrected chi connectivity index (χ0v) is 17.4. The first kappa shape index (κ1) is 24.0. The summed E-state index contributed by atoms with van der Waals surface area (Å²) >= 11 is 0. The highest BCUT2D eigenvalue weighted by Gasteiger charge is 2.07. The summed E-state index contributed by atoms with van der Waals surface area (Å²) in [4.78, 5) is 10.2. The number of ether oxygens (including phenoxy) is 1. The van der Waals surface area contributed by atoms with Gasteiger partial charge < -0.3 is 20.3 Å². The number of hydrogen-bond acceptors (Lipinski definition) is 6. The van der Waals surface area contributed by atoms with Crippen molar-refractivity contribution in [1.82, 2.24) is 5.32 Å². The van der Waals surface area contributed by atoms with Crippen LogP contribution in [0.4, 0.5) is 5.69 Å². The fraction of sp³-hybridized carbons (Fsp3) is 0.478. The van der Waals surface area contributed by atoms with Crippen LogP contribution in [-0.2, 0) is 30.9 Å². The molecular formula is C23H32N2O5. The van der Waals surface area contributed by atoms with E-state index < -0.39 is 4.92 Å². The lowest BCUT2D eigenvalue weighted by Crippen LogP contribution is -2.17. The van der Waals surface area contributed by atoms with Gasteiger partial charge >= 0.3 is 0 Å². The number of nitrogens with zero attached hydrogens (tertiary/aromatic N) is 1. The molecule has 0 bridgehead atoms. The van der Waals surface area contributed by atoms with Gasteiger partial charge in [-0.2, -0.15) is 0 Å². The van der Waals surface area contributed by atoms with Crippen molar-refractivity contribution in [2.45, 2.75) is 51.9 Å². The Morgan fingerprint density at radius 2 is 1.57 bits per heavy atom. The summed E-state index contributed by atoms with van der Waals surface area (Å²) in [7, 11) is 0. The first-order valence-corrected chi connectivity index (χ1v) is 10.5. The molecule has 3 N–H and O–H groups in total. The van der Waals surface area contributed by atoms with Gasteiger partial charge in [0.05, 0.1) is 24.7 Å². The maximum absolute atomic E-state index is 10.6. The molecule has 0 radical (unpaired) electrons. The average molecular weight is 417 g/mol. The predicted octanol–water partition coefficient (Wildman–Crippen LogP) is 3.49. The van der Waals surface area contributed by atoms with Crippen molar-refractivity contribution in [1.29, 1.82) is 0 Å². The summed E-state index contributed by atoms with van der Waals surface area (Å²) < 4.78 is 5.66. The molecule has 7 nitrogen and oxygen atoms in total. The molecule has 0 aliphatic heterocycles. The van der Waals surface area contributed by atoms with E-state index in [1.54, 1.807) is 12.1 Å². The third-order valence-corrected chi connectivity index (χ3v) is 5.09. The minimum atomic E-state index is -0.393. The molecule has 0 saturated heterocycles. The number of nitrogens with one attached hydrogen (secondary N) is 1. The topological polar surface area (TPSA) is 105 Å². The molecule has 0 spiro atoms. The van der Waals surface area contributed by atoms with Gasteiger partial charge in [-0.15, -0.1) is 0 Å². The molecule has 0 saturated carbocycles. The first-order valence-electron chi connectivity index (χ1n) is 10.5. The van der Waals surface area contributed by atoms with E-state index in [4.69, 9.17) is 4.74 Å². The molecule has 0 aromatic heterocycles. The molecule has 0 atom stereocenters. The lowest BCUT2D eigenvalue weighted by Gasteiger charge is -2.13. The molecular weight excluding hydrogens is 384 g/mol.